The molecule has 0 aromatic carbocycles. The smallest absolute Gasteiger partial charge is 0.142 e. The van der Waals surface area contributed by atoms with Crippen molar-refractivity contribution < 1.29 is 9.47 Å². The molecule has 1 rings (SSSR count). The molecule has 0 aliphatic heterocycles. The average molecular weight is 210 g/mol. The van der Waals surface area contributed by atoms with Crippen molar-refractivity contribution in [3.05, 3.63) is 24.0 Å². The second kappa shape index (κ2) is 6.37. The number of ether oxygens (including phenoxy) is 2. The van der Waals surface area contributed by atoms with Crippen molar-refractivity contribution in [2.75, 3.05) is 27.4 Å². The Balaban J connectivity index is 2.88. The van der Waals surface area contributed by atoms with Crippen LogP contribution >= 0.6 is 0 Å². The molecular weight excluding hydrogens is 192 g/mol. The van der Waals surface area contributed by atoms with Crippen LogP contribution in [0.3, 0.4) is 0 Å². The minimum Gasteiger partial charge on any atom is -0.495 e. The molecule has 1 unspecified atom stereocenters. The Labute approximate surface area is 90.6 Å². The van der Waals surface area contributed by atoms with Gasteiger partial charge < -0.3 is 14.8 Å². The van der Waals surface area contributed by atoms with Gasteiger partial charge in [-0.2, -0.15) is 0 Å². The van der Waals surface area contributed by atoms with E-state index in [1.165, 1.54) is 0 Å². The van der Waals surface area contributed by atoms with Crippen molar-refractivity contribution in [2.24, 2.45) is 0 Å². The van der Waals surface area contributed by atoms with E-state index in [-0.39, 0.29) is 6.04 Å². The first-order chi connectivity index (χ1) is 7.33. The second-order valence-electron chi connectivity index (χ2n) is 3.16. The fourth-order valence-corrected chi connectivity index (χ4v) is 1.48. The van der Waals surface area contributed by atoms with Crippen molar-refractivity contribution in [3.63, 3.8) is 0 Å². The van der Waals surface area contributed by atoms with E-state index in [0.29, 0.717) is 6.61 Å². The summed E-state index contributed by atoms with van der Waals surface area (Å²) >= 11 is 0. The number of nitrogens with zero attached hydrogens (tertiary/aromatic N) is 1. The molecule has 0 amide bonds. The predicted octanol–water partition coefficient (Wildman–Crippen LogP) is 1.39. The van der Waals surface area contributed by atoms with Gasteiger partial charge in [0.2, 0.25) is 0 Å². The van der Waals surface area contributed by atoms with E-state index in [2.05, 4.69) is 17.2 Å². The molecule has 4 nitrogen and oxygen atoms in total. The Morgan fingerprint density at radius 2 is 2.27 bits per heavy atom. The molecule has 15 heavy (non-hydrogen) atoms. The fourth-order valence-electron chi connectivity index (χ4n) is 1.48. The molecule has 1 heterocycles. The van der Waals surface area contributed by atoms with Crippen LogP contribution in [0, 0.1) is 0 Å². The second-order valence-corrected chi connectivity index (χ2v) is 3.16. The number of aromatic nitrogens is 1. The number of likely N-dealkylation sites (N-methyl/N-ethyl adjacent to an activating group) is 1. The predicted molar refractivity (Wildman–Crippen MR) is 59.1 cm³/mol. The van der Waals surface area contributed by atoms with Gasteiger partial charge in [0.1, 0.15) is 11.4 Å². The van der Waals surface area contributed by atoms with Gasteiger partial charge in [-0.1, -0.05) is 6.92 Å². The van der Waals surface area contributed by atoms with E-state index in [1.807, 2.05) is 12.1 Å². The van der Waals surface area contributed by atoms with Crippen LogP contribution in [0.4, 0.5) is 0 Å². The first-order valence-corrected chi connectivity index (χ1v) is 5.04. The lowest BCUT2D eigenvalue weighted by Gasteiger charge is -2.18. The molecule has 1 aromatic heterocycles. The minimum atomic E-state index is 0.0798. The molecule has 0 spiro atoms. The summed E-state index contributed by atoms with van der Waals surface area (Å²) in [5.74, 6) is 0.792. The molecule has 0 aliphatic rings. The maximum atomic E-state index is 5.26. The zero-order valence-corrected chi connectivity index (χ0v) is 9.49. The number of rotatable bonds is 6. The van der Waals surface area contributed by atoms with Crippen LogP contribution in [0.25, 0.3) is 0 Å². The molecule has 0 saturated carbocycles. The van der Waals surface area contributed by atoms with Crippen molar-refractivity contribution in [1.82, 2.24) is 10.3 Å². The van der Waals surface area contributed by atoms with Crippen LogP contribution in [-0.4, -0.2) is 32.4 Å². The molecule has 4 heteroatoms. The van der Waals surface area contributed by atoms with Crippen LogP contribution in [0.2, 0.25) is 0 Å². The Morgan fingerprint density at radius 1 is 1.47 bits per heavy atom. The Bertz CT molecular complexity index is 286. The van der Waals surface area contributed by atoms with Gasteiger partial charge in [-0.05, 0) is 18.7 Å². The van der Waals surface area contributed by atoms with Gasteiger partial charge in [-0.3, -0.25) is 4.98 Å². The standard InChI is InChI=1S/C11H18N2O2/c1-4-12-9(8-14-2)11-10(15-3)6-5-7-13-11/h5-7,9,12H,4,8H2,1-3H3. The number of hydrogen-bond donors (Lipinski definition) is 1. The summed E-state index contributed by atoms with van der Waals surface area (Å²) in [7, 11) is 3.33. The maximum Gasteiger partial charge on any atom is 0.142 e. The molecule has 0 fully saturated rings. The maximum absolute atomic E-state index is 5.26. The lowest BCUT2D eigenvalue weighted by atomic mass is 10.2. The third-order valence-electron chi connectivity index (χ3n) is 2.13. The summed E-state index contributed by atoms with van der Waals surface area (Å²) in [6.07, 6.45) is 1.76. The fraction of sp³-hybridized carbons (Fsp3) is 0.545. The highest BCUT2D eigenvalue weighted by Gasteiger charge is 2.15. The van der Waals surface area contributed by atoms with Crippen LogP contribution in [0.5, 0.6) is 5.75 Å². The molecule has 1 atom stereocenters. The van der Waals surface area contributed by atoms with Gasteiger partial charge in [-0.25, -0.2) is 0 Å². The van der Waals surface area contributed by atoms with Crippen molar-refractivity contribution in [3.8, 4) is 5.75 Å². The summed E-state index contributed by atoms with van der Waals surface area (Å²) in [5.41, 5.74) is 0.892. The molecule has 0 radical (unpaired) electrons. The molecule has 1 aromatic rings. The summed E-state index contributed by atoms with van der Waals surface area (Å²) in [4.78, 5) is 4.32. The number of methoxy groups -OCH3 is 2. The van der Waals surface area contributed by atoms with Crippen LogP contribution in [-0.2, 0) is 4.74 Å². The van der Waals surface area contributed by atoms with Crippen LogP contribution in [0.1, 0.15) is 18.7 Å². The normalized spacial score (nSPS) is 12.5. The lowest BCUT2D eigenvalue weighted by molar-refractivity contribution is 0.164. The first kappa shape index (κ1) is 11.9. The van der Waals surface area contributed by atoms with E-state index in [9.17, 15) is 0 Å². The quantitative estimate of drug-likeness (QED) is 0.770. The molecule has 1 N–H and O–H groups in total. The highest BCUT2D eigenvalue weighted by atomic mass is 16.5. The number of pyridine rings is 1. The van der Waals surface area contributed by atoms with E-state index in [0.717, 1.165) is 18.0 Å². The van der Waals surface area contributed by atoms with Gasteiger partial charge in [-0.15, -0.1) is 0 Å². The van der Waals surface area contributed by atoms with Crippen molar-refractivity contribution in [1.29, 1.82) is 0 Å². The first-order valence-electron chi connectivity index (χ1n) is 5.04. The van der Waals surface area contributed by atoms with Gasteiger partial charge in [0.25, 0.3) is 0 Å². The monoisotopic (exact) mass is 210 g/mol. The highest BCUT2D eigenvalue weighted by Crippen LogP contribution is 2.22. The van der Waals surface area contributed by atoms with Gasteiger partial charge in [0, 0.05) is 13.3 Å². The molecular formula is C11H18N2O2. The summed E-state index contributed by atoms with van der Waals surface area (Å²) in [5, 5.41) is 3.31. The zero-order valence-electron chi connectivity index (χ0n) is 9.49. The largest absolute Gasteiger partial charge is 0.495 e. The minimum absolute atomic E-state index is 0.0798. The lowest BCUT2D eigenvalue weighted by Crippen LogP contribution is -2.26. The van der Waals surface area contributed by atoms with E-state index < -0.39 is 0 Å². The Morgan fingerprint density at radius 3 is 2.87 bits per heavy atom. The summed E-state index contributed by atoms with van der Waals surface area (Å²) in [6.45, 7) is 3.51. The molecule has 0 bridgehead atoms. The molecule has 0 aliphatic carbocycles. The Kier molecular flexibility index (Phi) is 5.07. The van der Waals surface area contributed by atoms with Crippen molar-refractivity contribution >= 4 is 0 Å². The van der Waals surface area contributed by atoms with E-state index in [1.54, 1.807) is 20.4 Å². The number of nitrogens with one attached hydrogen (secondary N) is 1. The van der Waals surface area contributed by atoms with Crippen molar-refractivity contribution in [2.45, 2.75) is 13.0 Å². The Hall–Kier alpha value is -1.13. The number of hydrogen-bond acceptors (Lipinski definition) is 4. The van der Waals surface area contributed by atoms with Crippen LogP contribution < -0.4 is 10.1 Å². The zero-order chi connectivity index (χ0) is 11.1. The summed E-state index contributed by atoms with van der Waals surface area (Å²) in [6, 6.07) is 3.84. The van der Waals surface area contributed by atoms with Gasteiger partial charge in [0.15, 0.2) is 0 Å². The molecule has 84 valence electrons. The van der Waals surface area contributed by atoms with E-state index >= 15 is 0 Å². The molecule has 0 saturated heterocycles. The average Bonchev–Trinajstić information content (AvgIpc) is 2.29. The van der Waals surface area contributed by atoms with Gasteiger partial charge >= 0.3 is 0 Å². The van der Waals surface area contributed by atoms with Gasteiger partial charge in [0.05, 0.1) is 19.8 Å². The topological polar surface area (TPSA) is 43.4 Å². The third kappa shape index (κ3) is 3.18. The third-order valence-corrected chi connectivity index (χ3v) is 2.13. The van der Waals surface area contributed by atoms with E-state index in [4.69, 9.17) is 9.47 Å². The highest BCUT2D eigenvalue weighted by molar-refractivity contribution is 5.29. The SMILES string of the molecule is CCNC(COC)c1ncccc1OC. The summed E-state index contributed by atoms with van der Waals surface area (Å²) < 4.78 is 10.4. The van der Waals surface area contributed by atoms with Crippen LogP contribution in [0.15, 0.2) is 18.3 Å².